The number of benzene rings is 1. The summed E-state index contributed by atoms with van der Waals surface area (Å²) in [5.41, 5.74) is 2.64. The third-order valence-corrected chi connectivity index (χ3v) is 6.92. The summed E-state index contributed by atoms with van der Waals surface area (Å²) in [5, 5.41) is 7.74. The van der Waals surface area contributed by atoms with E-state index in [1.165, 1.54) is 18.4 Å². The molecular formula is C21H26N4O3. The molecule has 1 aromatic heterocycles. The molecule has 28 heavy (non-hydrogen) atoms. The Labute approximate surface area is 164 Å². The van der Waals surface area contributed by atoms with Crippen molar-refractivity contribution in [2.75, 3.05) is 26.7 Å². The van der Waals surface area contributed by atoms with Gasteiger partial charge in [-0.05, 0) is 56.5 Å². The van der Waals surface area contributed by atoms with Crippen molar-refractivity contribution in [1.29, 1.82) is 0 Å². The van der Waals surface area contributed by atoms with Gasteiger partial charge in [-0.3, -0.25) is 9.69 Å². The number of fused-ring (bicyclic) bond motifs is 2. The second-order valence-electron chi connectivity index (χ2n) is 8.25. The molecule has 0 spiro atoms. The summed E-state index contributed by atoms with van der Waals surface area (Å²) in [6.45, 7) is 4.89. The van der Waals surface area contributed by atoms with Gasteiger partial charge < -0.3 is 9.64 Å². The predicted octanol–water partition coefficient (Wildman–Crippen LogP) is 2.02. The van der Waals surface area contributed by atoms with Crippen LogP contribution in [-0.4, -0.2) is 64.8 Å². The Bertz CT molecular complexity index is 857. The number of rotatable bonds is 4. The largest absolute Gasteiger partial charge is 0.497 e. The summed E-state index contributed by atoms with van der Waals surface area (Å²) in [5.74, 6) is 1.93. The molecule has 6 rings (SSSR count). The quantitative estimate of drug-likeness (QED) is 0.806. The van der Waals surface area contributed by atoms with Crippen LogP contribution in [0.5, 0.6) is 5.75 Å². The first-order valence-corrected chi connectivity index (χ1v) is 10.1. The SMILES string of the molecule is COc1ccc([C@H]2CN(C(=O)Cc3nonc3C)[C@H]3C4CCN(CC4)[C@@H]23)cc1. The molecule has 0 N–H and O–H groups in total. The highest BCUT2D eigenvalue weighted by atomic mass is 16.6. The van der Waals surface area contributed by atoms with Gasteiger partial charge in [0.05, 0.1) is 19.6 Å². The zero-order valence-electron chi connectivity index (χ0n) is 16.4. The molecule has 0 radical (unpaired) electrons. The minimum atomic E-state index is 0.138. The number of carbonyl (C=O) groups is 1. The molecule has 7 nitrogen and oxygen atoms in total. The molecule has 4 saturated heterocycles. The van der Waals surface area contributed by atoms with Crippen LogP contribution in [0.15, 0.2) is 28.9 Å². The van der Waals surface area contributed by atoms with Crippen LogP contribution in [0.4, 0.5) is 0 Å². The number of aromatic nitrogens is 2. The summed E-state index contributed by atoms with van der Waals surface area (Å²) in [4.78, 5) is 18.0. The van der Waals surface area contributed by atoms with Gasteiger partial charge in [-0.2, -0.15) is 0 Å². The molecule has 2 aromatic rings. The van der Waals surface area contributed by atoms with Crippen LogP contribution in [0.3, 0.4) is 0 Å². The van der Waals surface area contributed by atoms with Crippen molar-refractivity contribution in [1.82, 2.24) is 20.1 Å². The lowest BCUT2D eigenvalue weighted by atomic mass is 9.75. The summed E-state index contributed by atoms with van der Waals surface area (Å²) in [6, 6.07) is 9.06. The molecular weight excluding hydrogens is 356 g/mol. The first-order chi connectivity index (χ1) is 13.7. The van der Waals surface area contributed by atoms with Gasteiger partial charge in [0.1, 0.15) is 17.1 Å². The standard InChI is InChI=1S/C21H26N4O3/c1-13-18(23-28-22-13)11-19(26)25-12-17(14-3-5-16(27-2)6-4-14)21-20(25)15-7-9-24(21)10-8-15/h3-6,15,17,20-21H,7-12H2,1-2H3/t17-,20+,21+/m1/s1. The number of likely N-dealkylation sites (tertiary alicyclic amines) is 1. The summed E-state index contributed by atoms with van der Waals surface area (Å²) in [6.07, 6.45) is 2.64. The summed E-state index contributed by atoms with van der Waals surface area (Å²) >= 11 is 0. The molecule has 0 unspecified atom stereocenters. The van der Waals surface area contributed by atoms with Crippen LogP contribution in [-0.2, 0) is 11.2 Å². The number of nitrogens with zero attached hydrogens (tertiary/aromatic N) is 4. The number of amides is 1. The van der Waals surface area contributed by atoms with Crippen LogP contribution in [0, 0.1) is 12.8 Å². The van der Waals surface area contributed by atoms with E-state index in [9.17, 15) is 4.79 Å². The number of hydrogen-bond acceptors (Lipinski definition) is 6. The highest BCUT2D eigenvalue weighted by molar-refractivity contribution is 5.79. The van der Waals surface area contributed by atoms with Crippen LogP contribution in [0.2, 0.25) is 0 Å². The zero-order valence-corrected chi connectivity index (χ0v) is 16.4. The van der Waals surface area contributed by atoms with Gasteiger partial charge >= 0.3 is 0 Å². The fraction of sp³-hybridized carbons (Fsp3) is 0.571. The van der Waals surface area contributed by atoms with Crippen molar-refractivity contribution >= 4 is 5.91 Å². The molecule has 3 atom stereocenters. The van der Waals surface area contributed by atoms with Gasteiger partial charge in [-0.15, -0.1) is 0 Å². The maximum absolute atomic E-state index is 13.3. The van der Waals surface area contributed by atoms with E-state index in [0.29, 0.717) is 35.3 Å². The number of ether oxygens (including phenoxy) is 1. The zero-order chi connectivity index (χ0) is 19.3. The average molecular weight is 382 g/mol. The fourth-order valence-corrected chi connectivity index (χ4v) is 5.50. The molecule has 0 aliphatic carbocycles. The van der Waals surface area contributed by atoms with Crippen LogP contribution >= 0.6 is 0 Å². The first kappa shape index (κ1) is 17.7. The highest BCUT2D eigenvalue weighted by Gasteiger charge is 2.54. The van der Waals surface area contributed by atoms with Gasteiger partial charge in [-0.1, -0.05) is 22.4 Å². The predicted molar refractivity (Wildman–Crippen MR) is 102 cm³/mol. The Morgan fingerprint density at radius 2 is 1.93 bits per heavy atom. The third-order valence-electron chi connectivity index (χ3n) is 6.92. The van der Waals surface area contributed by atoms with E-state index in [1.807, 2.05) is 19.1 Å². The summed E-state index contributed by atoms with van der Waals surface area (Å²) < 4.78 is 10.1. The lowest BCUT2D eigenvalue weighted by molar-refractivity contribution is -0.135. The van der Waals surface area contributed by atoms with E-state index >= 15 is 0 Å². The highest BCUT2D eigenvalue weighted by Crippen LogP contribution is 2.46. The van der Waals surface area contributed by atoms with Crippen molar-refractivity contribution < 1.29 is 14.2 Å². The Morgan fingerprint density at radius 1 is 1.18 bits per heavy atom. The molecule has 2 bridgehead atoms. The van der Waals surface area contributed by atoms with Crippen molar-refractivity contribution in [3.8, 4) is 5.75 Å². The monoisotopic (exact) mass is 382 g/mol. The molecule has 7 heteroatoms. The minimum absolute atomic E-state index is 0.138. The maximum atomic E-state index is 13.3. The molecule has 4 fully saturated rings. The van der Waals surface area contributed by atoms with Crippen LogP contribution < -0.4 is 4.74 Å². The van der Waals surface area contributed by atoms with E-state index in [4.69, 9.17) is 9.37 Å². The average Bonchev–Trinajstić information content (AvgIpc) is 3.34. The lowest BCUT2D eigenvalue weighted by Gasteiger charge is -2.51. The second-order valence-corrected chi connectivity index (χ2v) is 8.25. The van der Waals surface area contributed by atoms with E-state index in [2.05, 4.69) is 32.2 Å². The molecule has 1 aromatic carbocycles. The van der Waals surface area contributed by atoms with Gasteiger partial charge in [0.2, 0.25) is 5.91 Å². The smallest absolute Gasteiger partial charge is 0.229 e. The Hall–Kier alpha value is -2.41. The van der Waals surface area contributed by atoms with Crippen molar-refractivity contribution in [2.45, 2.75) is 44.2 Å². The van der Waals surface area contributed by atoms with Crippen LogP contribution in [0.1, 0.15) is 35.7 Å². The molecule has 1 amide bonds. The number of aryl methyl sites for hydroxylation is 1. The summed E-state index contributed by atoms with van der Waals surface area (Å²) in [7, 11) is 1.69. The van der Waals surface area contributed by atoms with Crippen molar-refractivity contribution in [3.63, 3.8) is 0 Å². The topological polar surface area (TPSA) is 71.7 Å². The number of piperidine rings is 3. The van der Waals surface area contributed by atoms with Gasteiger partial charge in [0, 0.05) is 18.5 Å². The van der Waals surface area contributed by atoms with E-state index in [0.717, 1.165) is 25.4 Å². The van der Waals surface area contributed by atoms with Crippen molar-refractivity contribution in [3.05, 3.63) is 41.2 Å². The number of carbonyl (C=O) groups excluding carboxylic acids is 1. The van der Waals surface area contributed by atoms with Gasteiger partial charge in [0.25, 0.3) is 0 Å². The van der Waals surface area contributed by atoms with E-state index < -0.39 is 0 Å². The normalized spacial score (nSPS) is 31.1. The Balaban J connectivity index is 1.45. The van der Waals surface area contributed by atoms with E-state index in [-0.39, 0.29) is 12.3 Å². The third kappa shape index (κ3) is 2.80. The van der Waals surface area contributed by atoms with Crippen LogP contribution in [0.25, 0.3) is 0 Å². The molecule has 148 valence electrons. The molecule has 4 aliphatic heterocycles. The van der Waals surface area contributed by atoms with Gasteiger partial charge in [-0.25, -0.2) is 4.63 Å². The lowest BCUT2D eigenvalue weighted by Crippen LogP contribution is -2.60. The number of hydrogen-bond donors (Lipinski definition) is 0. The fourth-order valence-electron chi connectivity index (χ4n) is 5.50. The Morgan fingerprint density at radius 3 is 2.57 bits per heavy atom. The first-order valence-electron chi connectivity index (χ1n) is 10.1. The van der Waals surface area contributed by atoms with Crippen molar-refractivity contribution in [2.24, 2.45) is 5.92 Å². The Kier molecular flexibility index (Phi) is 4.34. The van der Waals surface area contributed by atoms with E-state index in [1.54, 1.807) is 7.11 Å². The molecule has 0 saturated carbocycles. The maximum Gasteiger partial charge on any atom is 0.229 e. The molecule has 5 heterocycles. The minimum Gasteiger partial charge on any atom is -0.497 e. The van der Waals surface area contributed by atoms with Gasteiger partial charge in [0.15, 0.2) is 0 Å². The molecule has 4 aliphatic rings. The second kappa shape index (κ2) is 6.88. The number of methoxy groups -OCH3 is 1.